The van der Waals surface area contributed by atoms with Gasteiger partial charge in [-0.1, -0.05) is 30.3 Å². The molecule has 0 saturated carbocycles. The molecule has 2 rings (SSSR count). The molecule has 0 spiro atoms. The Bertz CT molecular complexity index is 503. The van der Waals surface area contributed by atoms with Crippen LogP contribution >= 0.6 is 0 Å². The minimum atomic E-state index is -2.75. The maximum Gasteiger partial charge on any atom is 0.265 e. The van der Waals surface area contributed by atoms with Crippen molar-refractivity contribution < 1.29 is 13.9 Å². The molecule has 1 aromatic heterocycles. The van der Waals surface area contributed by atoms with Crippen molar-refractivity contribution in [2.24, 2.45) is 0 Å². The molecule has 0 aliphatic rings. The van der Waals surface area contributed by atoms with Crippen LogP contribution in [0.2, 0.25) is 0 Å². The lowest BCUT2D eigenvalue weighted by Crippen LogP contribution is -2.31. The van der Waals surface area contributed by atoms with Crippen molar-refractivity contribution >= 4 is 0 Å². The van der Waals surface area contributed by atoms with E-state index < -0.39 is 12.5 Å². The molecule has 0 amide bonds. The fourth-order valence-corrected chi connectivity index (χ4v) is 1.63. The lowest BCUT2D eigenvalue weighted by Gasteiger charge is -2.09. The Labute approximate surface area is 108 Å². The first-order chi connectivity index (χ1) is 9.18. The van der Waals surface area contributed by atoms with Gasteiger partial charge in [0.1, 0.15) is 17.5 Å². The van der Waals surface area contributed by atoms with Gasteiger partial charge in [-0.2, -0.15) is 15.4 Å². The highest BCUT2D eigenvalue weighted by atomic mass is 19.3. The zero-order valence-corrected chi connectivity index (χ0v) is 10.1. The minimum absolute atomic E-state index is 0.196. The number of aliphatic hydroxyl groups is 1. The molecule has 1 atom stereocenters. The number of rotatable bonds is 6. The van der Waals surface area contributed by atoms with Crippen molar-refractivity contribution in [3.63, 3.8) is 0 Å². The molecule has 5 nitrogen and oxygen atoms in total. The summed E-state index contributed by atoms with van der Waals surface area (Å²) in [4.78, 5) is 0. The standard InChI is InChI=1S/C12H14F2N4O/c13-12(14)10(19)7-15-6-9-11(17-18-16-9)8-4-2-1-3-5-8/h1-5,10,12,15,19H,6-7H2,(H,16,17,18). The summed E-state index contributed by atoms with van der Waals surface area (Å²) >= 11 is 0. The molecule has 1 heterocycles. The minimum Gasteiger partial charge on any atom is -0.386 e. The van der Waals surface area contributed by atoms with E-state index in [-0.39, 0.29) is 13.1 Å². The van der Waals surface area contributed by atoms with Gasteiger partial charge in [-0.25, -0.2) is 8.78 Å². The molecule has 0 bridgehead atoms. The first kappa shape index (κ1) is 13.6. The molecule has 102 valence electrons. The largest absolute Gasteiger partial charge is 0.386 e. The van der Waals surface area contributed by atoms with Gasteiger partial charge in [-0.15, -0.1) is 0 Å². The highest BCUT2D eigenvalue weighted by Crippen LogP contribution is 2.18. The van der Waals surface area contributed by atoms with Gasteiger partial charge < -0.3 is 10.4 Å². The van der Waals surface area contributed by atoms with E-state index in [1.165, 1.54) is 0 Å². The van der Waals surface area contributed by atoms with Gasteiger partial charge in [0.15, 0.2) is 0 Å². The maximum atomic E-state index is 12.1. The summed E-state index contributed by atoms with van der Waals surface area (Å²) in [7, 11) is 0. The van der Waals surface area contributed by atoms with E-state index in [1.54, 1.807) is 0 Å². The van der Waals surface area contributed by atoms with E-state index in [9.17, 15) is 8.78 Å². The number of aliphatic hydroxyl groups excluding tert-OH is 1. The normalized spacial score (nSPS) is 12.8. The third-order valence-electron chi connectivity index (χ3n) is 2.60. The lowest BCUT2D eigenvalue weighted by atomic mass is 10.1. The molecule has 0 aliphatic carbocycles. The van der Waals surface area contributed by atoms with E-state index in [0.29, 0.717) is 11.4 Å². The molecular formula is C12H14F2N4O. The summed E-state index contributed by atoms with van der Waals surface area (Å²) in [5, 5.41) is 22.2. The first-order valence-corrected chi connectivity index (χ1v) is 5.80. The predicted molar refractivity (Wildman–Crippen MR) is 65.5 cm³/mol. The summed E-state index contributed by atoms with van der Waals surface area (Å²) in [5.74, 6) is 0. The fraction of sp³-hybridized carbons (Fsp3) is 0.333. The van der Waals surface area contributed by atoms with E-state index >= 15 is 0 Å². The second-order valence-electron chi connectivity index (χ2n) is 4.02. The molecule has 3 N–H and O–H groups in total. The highest BCUT2D eigenvalue weighted by Gasteiger charge is 2.16. The monoisotopic (exact) mass is 268 g/mol. The molecule has 2 aromatic rings. The van der Waals surface area contributed by atoms with E-state index in [2.05, 4.69) is 20.7 Å². The molecule has 0 saturated heterocycles. The maximum absolute atomic E-state index is 12.1. The van der Waals surface area contributed by atoms with E-state index in [1.807, 2.05) is 30.3 Å². The summed E-state index contributed by atoms with van der Waals surface area (Å²) in [6.45, 7) is 0.0588. The average molecular weight is 268 g/mol. The van der Waals surface area contributed by atoms with Crippen molar-refractivity contribution in [3.05, 3.63) is 36.0 Å². The molecule has 1 aromatic carbocycles. The van der Waals surface area contributed by atoms with Crippen LogP contribution in [0, 0.1) is 0 Å². The van der Waals surface area contributed by atoms with Crippen LogP contribution in [-0.2, 0) is 6.54 Å². The Balaban J connectivity index is 1.97. The topological polar surface area (TPSA) is 73.8 Å². The number of aromatic nitrogens is 3. The number of hydrogen-bond acceptors (Lipinski definition) is 4. The van der Waals surface area contributed by atoms with Gasteiger partial charge in [0.05, 0.1) is 0 Å². The molecule has 19 heavy (non-hydrogen) atoms. The zero-order valence-electron chi connectivity index (χ0n) is 10.1. The molecular weight excluding hydrogens is 254 g/mol. The van der Waals surface area contributed by atoms with E-state index in [0.717, 1.165) is 5.56 Å². The number of benzene rings is 1. The van der Waals surface area contributed by atoms with Gasteiger partial charge in [0, 0.05) is 18.7 Å². The summed E-state index contributed by atoms with van der Waals surface area (Å²) < 4.78 is 24.2. The van der Waals surface area contributed by atoms with Crippen LogP contribution < -0.4 is 5.32 Å². The van der Waals surface area contributed by atoms with Crippen molar-refractivity contribution in [1.82, 2.24) is 20.7 Å². The van der Waals surface area contributed by atoms with Gasteiger partial charge in [-0.05, 0) is 0 Å². The van der Waals surface area contributed by atoms with Crippen LogP contribution in [0.4, 0.5) is 8.78 Å². The number of hydrogen-bond donors (Lipinski definition) is 3. The fourth-order valence-electron chi connectivity index (χ4n) is 1.63. The summed E-state index contributed by atoms with van der Waals surface area (Å²) in [6, 6.07) is 9.41. The third kappa shape index (κ3) is 3.55. The lowest BCUT2D eigenvalue weighted by molar-refractivity contribution is -0.00343. The van der Waals surface area contributed by atoms with Crippen LogP contribution in [0.15, 0.2) is 30.3 Å². The smallest absolute Gasteiger partial charge is 0.265 e. The highest BCUT2D eigenvalue weighted by molar-refractivity contribution is 5.60. The molecule has 0 aliphatic heterocycles. The Hall–Kier alpha value is -1.86. The average Bonchev–Trinajstić information content (AvgIpc) is 2.88. The van der Waals surface area contributed by atoms with Crippen LogP contribution in [0.3, 0.4) is 0 Å². The molecule has 0 fully saturated rings. The first-order valence-electron chi connectivity index (χ1n) is 5.80. The van der Waals surface area contributed by atoms with Crippen molar-refractivity contribution in [2.75, 3.05) is 6.54 Å². The molecule has 0 radical (unpaired) electrons. The third-order valence-corrected chi connectivity index (χ3v) is 2.60. The molecule has 1 unspecified atom stereocenters. The van der Waals surface area contributed by atoms with Gasteiger partial charge in [0.25, 0.3) is 6.43 Å². The summed E-state index contributed by atoms with van der Waals surface area (Å²) in [5.41, 5.74) is 2.18. The van der Waals surface area contributed by atoms with E-state index in [4.69, 9.17) is 5.11 Å². The van der Waals surface area contributed by atoms with Crippen LogP contribution in [0.1, 0.15) is 5.69 Å². The van der Waals surface area contributed by atoms with Crippen molar-refractivity contribution in [3.8, 4) is 11.3 Å². The number of aromatic amines is 1. The second kappa shape index (κ2) is 6.35. The number of nitrogens with one attached hydrogen (secondary N) is 2. The quantitative estimate of drug-likeness (QED) is 0.735. The van der Waals surface area contributed by atoms with Crippen LogP contribution in [-0.4, -0.2) is 39.6 Å². The Morgan fingerprint density at radius 2 is 1.95 bits per heavy atom. The Morgan fingerprint density at radius 3 is 2.63 bits per heavy atom. The SMILES string of the molecule is OC(CNCc1n[nH]nc1-c1ccccc1)C(F)F. The Morgan fingerprint density at radius 1 is 1.21 bits per heavy atom. The van der Waals surface area contributed by atoms with Crippen molar-refractivity contribution in [2.45, 2.75) is 19.1 Å². The summed E-state index contributed by atoms with van der Waals surface area (Å²) in [6.07, 6.45) is -4.43. The Kier molecular flexibility index (Phi) is 4.53. The number of alkyl halides is 2. The number of halogens is 2. The van der Waals surface area contributed by atoms with Gasteiger partial charge >= 0.3 is 0 Å². The zero-order chi connectivity index (χ0) is 13.7. The van der Waals surface area contributed by atoms with Crippen molar-refractivity contribution in [1.29, 1.82) is 0 Å². The van der Waals surface area contributed by atoms with Gasteiger partial charge in [0.2, 0.25) is 0 Å². The molecule has 7 heteroatoms. The predicted octanol–water partition coefficient (Wildman–Crippen LogP) is 1.19. The second-order valence-corrected chi connectivity index (χ2v) is 4.02. The van der Waals surface area contributed by atoms with Crippen LogP contribution in [0.5, 0.6) is 0 Å². The number of H-pyrrole nitrogens is 1. The number of nitrogens with zero attached hydrogens (tertiary/aromatic N) is 2. The van der Waals surface area contributed by atoms with Gasteiger partial charge in [-0.3, -0.25) is 0 Å². The van der Waals surface area contributed by atoms with Crippen LogP contribution in [0.25, 0.3) is 11.3 Å².